The summed E-state index contributed by atoms with van der Waals surface area (Å²) < 4.78 is 0. The standard InChI is InChI=1S/C12H18N2S/c1-14(12-6-7-15-9-12)11-4-2-10(8-13)3-5-11/h2-5,12H,6-9,13H2,1H3. The third-order valence-corrected chi connectivity index (χ3v) is 4.18. The molecule has 1 heterocycles. The highest BCUT2D eigenvalue weighted by Gasteiger charge is 2.19. The molecule has 1 aliphatic heterocycles. The molecule has 0 radical (unpaired) electrons. The molecule has 1 saturated heterocycles. The van der Waals surface area contributed by atoms with E-state index in [9.17, 15) is 0 Å². The van der Waals surface area contributed by atoms with E-state index in [2.05, 4.69) is 48.0 Å². The van der Waals surface area contributed by atoms with Gasteiger partial charge in [0.2, 0.25) is 0 Å². The molecule has 1 unspecified atom stereocenters. The van der Waals surface area contributed by atoms with Gasteiger partial charge in [0.1, 0.15) is 0 Å². The minimum absolute atomic E-state index is 0.628. The van der Waals surface area contributed by atoms with Gasteiger partial charge in [0.15, 0.2) is 0 Å². The van der Waals surface area contributed by atoms with Crippen molar-refractivity contribution in [1.29, 1.82) is 0 Å². The Kier molecular flexibility index (Phi) is 3.54. The van der Waals surface area contributed by atoms with Gasteiger partial charge in [0, 0.05) is 31.1 Å². The normalized spacial score (nSPS) is 20.5. The number of nitrogens with zero attached hydrogens (tertiary/aromatic N) is 1. The van der Waals surface area contributed by atoms with E-state index in [1.807, 2.05) is 0 Å². The van der Waals surface area contributed by atoms with Gasteiger partial charge in [-0.1, -0.05) is 12.1 Å². The topological polar surface area (TPSA) is 29.3 Å². The van der Waals surface area contributed by atoms with Crippen molar-refractivity contribution in [3.8, 4) is 0 Å². The Morgan fingerprint density at radius 3 is 2.67 bits per heavy atom. The quantitative estimate of drug-likeness (QED) is 0.849. The van der Waals surface area contributed by atoms with Crippen LogP contribution in [0.5, 0.6) is 0 Å². The molecule has 2 nitrogen and oxygen atoms in total. The summed E-state index contributed by atoms with van der Waals surface area (Å²) in [7, 11) is 2.19. The molecule has 0 spiro atoms. The van der Waals surface area contributed by atoms with Crippen molar-refractivity contribution in [2.45, 2.75) is 19.0 Å². The fourth-order valence-electron chi connectivity index (χ4n) is 1.91. The van der Waals surface area contributed by atoms with E-state index in [1.54, 1.807) is 0 Å². The average molecular weight is 222 g/mol. The Hall–Kier alpha value is -0.670. The molecule has 1 aromatic rings. The van der Waals surface area contributed by atoms with Crippen molar-refractivity contribution in [1.82, 2.24) is 0 Å². The van der Waals surface area contributed by atoms with Gasteiger partial charge in [0.25, 0.3) is 0 Å². The van der Waals surface area contributed by atoms with Crippen molar-refractivity contribution in [3.63, 3.8) is 0 Å². The number of nitrogens with two attached hydrogens (primary N) is 1. The maximum Gasteiger partial charge on any atom is 0.0385 e. The van der Waals surface area contributed by atoms with Crippen LogP contribution in [-0.4, -0.2) is 24.6 Å². The van der Waals surface area contributed by atoms with E-state index in [4.69, 9.17) is 5.73 Å². The van der Waals surface area contributed by atoms with Gasteiger partial charge in [-0.2, -0.15) is 11.8 Å². The van der Waals surface area contributed by atoms with Crippen LogP contribution in [0.4, 0.5) is 5.69 Å². The minimum atomic E-state index is 0.628. The van der Waals surface area contributed by atoms with Crippen LogP contribution in [0, 0.1) is 0 Å². The van der Waals surface area contributed by atoms with Gasteiger partial charge in [0.05, 0.1) is 0 Å². The average Bonchev–Trinajstić information content (AvgIpc) is 2.82. The van der Waals surface area contributed by atoms with Crippen LogP contribution in [0.3, 0.4) is 0 Å². The summed E-state index contributed by atoms with van der Waals surface area (Å²) in [5.74, 6) is 2.56. The van der Waals surface area contributed by atoms with Gasteiger partial charge in [-0.15, -0.1) is 0 Å². The van der Waals surface area contributed by atoms with Crippen molar-refractivity contribution in [2.24, 2.45) is 5.73 Å². The molecule has 0 amide bonds. The lowest BCUT2D eigenvalue weighted by Gasteiger charge is -2.26. The molecule has 0 saturated carbocycles. The molecule has 0 aromatic heterocycles. The van der Waals surface area contributed by atoms with E-state index in [1.165, 1.54) is 29.2 Å². The number of hydrogen-bond acceptors (Lipinski definition) is 3. The van der Waals surface area contributed by atoms with Gasteiger partial charge in [-0.25, -0.2) is 0 Å². The molecule has 82 valence electrons. The third-order valence-electron chi connectivity index (χ3n) is 3.03. The highest BCUT2D eigenvalue weighted by molar-refractivity contribution is 7.99. The van der Waals surface area contributed by atoms with Gasteiger partial charge in [-0.3, -0.25) is 0 Å². The van der Waals surface area contributed by atoms with Crippen LogP contribution in [-0.2, 0) is 6.54 Å². The summed E-state index contributed by atoms with van der Waals surface area (Å²) in [6, 6.07) is 9.29. The van der Waals surface area contributed by atoms with E-state index >= 15 is 0 Å². The number of hydrogen-bond donors (Lipinski definition) is 1. The van der Waals surface area contributed by atoms with Crippen molar-refractivity contribution in [2.75, 3.05) is 23.5 Å². The van der Waals surface area contributed by atoms with Crippen LogP contribution in [0.1, 0.15) is 12.0 Å². The summed E-state index contributed by atoms with van der Waals surface area (Å²) in [6.45, 7) is 0.628. The van der Waals surface area contributed by atoms with Crippen LogP contribution in [0.2, 0.25) is 0 Å². The number of rotatable bonds is 3. The van der Waals surface area contributed by atoms with E-state index < -0.39 is 0 Å². The molecule has 1 aliphatic rings. The summed E-state index contributed by atoms with van der Waals surface area (Å²) in [4.78, 5) is 2.39. The highest BCUT2D eigenvalue weighted by atomic mass is 32.2. The lowest BCUT2D eigenvalue weighted by molar-refractivity contribution is 0.700. The first-order valence-electron chi connectivity index (χ1n) is 5.41. The van der Waals surface area contributed by atoms with Crippen molar-refractivity contribution >= 4 is 17.4 Å². The minimum Gasteiger partial charge on any atom is -0.371 e. The Morgan fingerprint density at radius 2 is 2.13 bits per heavy atom. The molecule has 2 N–H and O–H groups in total. The Balaban J connectivity index is 2.07. The Labute approximate surface area is 95.8 Å². The molecule has 1 fully saturated rings. The van der Waals surface area contributed by atoms with Crippen LogP contribution < -0.4 is 10.6 Å². The lowest BCUT2D eigenvalue weighted by Crippen LogP contribution is -2.31. The molecule has 1 atom stereocenters. The zero-order valence-corrected chi connectivity index (χ0v) is 9.96. The van der Waals surface area contributed by atoms with Crippen LogP contribution in [0.15, 0.2) is 24.3 Å². The summed E-state index contributed by atoms with van der Waals surface area (Å²) in [5, 5.41) is 0. The lowest BCUT2D eigenvalue weighted by atomic mass is 10.1. The van der Waals surface area contributed by atoms with Gasteiger partial charge < -0.3 is 10.6 Å². The molecule has 0 bridgehead atoms. The SMILES string of the molecule is CN(c1ccc(CN)cc1)C1CCSC1. The second-order valence-electron chi connectivity index (χ2n) is 4.00. The van der Waals surface area contributed by atoms with Crippen LogP contribution >= 0.6 is 11.8 Å². The van der Waals surface area contributed by atoms with Gasteiger partial charge in [-0.05, 0) is 29.9 Å². The number of anilines is 1. The first-order chi connectivity index (χ1) is 7.31. The molecular formula is C12H18N2S. The fraction of sp³-hybridized carbons (Fsp3) is 0.500. The first-order valence-corrected chi connectivity index (χ1v) is 6.56. The molecule has 15 heavy (non-hydrogen) atoms. The Morgan fingerprint density at radius 1 is 1.40 bits per heavy atom. The van der Waals surface area contributed by atoms with E-state index in [-0.39, 0.29) is 0 Å². The summed E-state index contributed by atoms with van der Waals surface area (Å²) in [6.07, 6.45) is 1.31. The van der Waals surface area contributed by atoms with E-state index in [0.717, 1.165) is 0 Å². The monoisotopic (exact) mass is 222 g/mol. The second-order valence-corrected chi connectivity index (χ2v) is 5.15. The van der Waals surface area contributed by atoms with Gasteiger partial charge >= 0.3 is 0 Å². The number of benzene rings is 1. The Bertz CT molecular complexity index is 304. The zero-order chi connectivity index (χ0) is 10.7. The first kappa shape index (κ1) is 10.8. The molecule has 1 aromatic carbocycles. The number of thioether (sulfide) groups is 1. The largest absolute Gasteiger partial charge is 0.371 e. The van der Waals surface area contributed by atoms with Crippen molar-refractivity contribution < 1.29 is 0 Å². The molecule has 0 aliphatic carbocycles. The fourth-order valence-corrected chi connectivity index (χ4v) is 3.17. The maximum absolute atomic E-state index is 5.58. The summed E-state index contributed by atoms with van der Waals surface area (Å²) >= 11 is 2.05. The maximum atomic E-state index is 5.58. The highest BCUT2D eigenvalue weighted by Crippen LogP contribution is 2.25. The molecular weight excluding hydrogens is 204 g/mol. The third kappa shape index (κ3) is 2.47. The summed E-state index contributed by atoms with van der Waals surface area (Å²) in [5.41, 5.74) is 8.09. The van der Waals surface area contributed by atoms with Crippen molar-refractivity contribution in [3.05, 3.63) is 29.8 Å². The smallest absolute Gasteiger partial charge is 0.0385 e. The molecule has 3 heteroatoms. The predicted octanol–water partition coefficient (Wildman–Crippen LogP) is 2.09. The van der Waals surface area contributed by atoms with E-state index in [0.29, 0.717) is 12.6 Å². The molecule has 2 rings (SSSR count). The zero-order valence-electron chi connectivity index (χ0n) is 9.15. The van der Waals surface area contributed by atoms with Crippen LogP contribution in [0.25, 0.3) is 0 Å². The second kappa shape index (κ2) is 4.90. The predicted molar refractivity (Wildman–Crippen MR) is 68.5 cm³/mol.